The molecule has 6 nitrogen and oxygen atoms in total. The summed E-state index contributed by atoms with van der Waals surface area (Å²) in [5.74, 6) is 0.184. The fourth-order valence-corrected chi connectivity index (χ4v) is 2.69. The topological polar surface area (TPSA) is 71.8 Å². The lowest BCUT2D eigenvalue weighted by Gasteiger charge is -2.27. The van der Waals surface area contributed by atoms with E-state index in [2.05, 4.69) is 27.8 Å². The highest BCUT2D eigenvalue weighted by Crippen LogP contribution is 2.20. The SMILES string of the molecule is CC1CC(C(=O)Nc2cccc(-n3cnnc3)c2)CCN1. The summed E-state index contributed by atoms with van der Waals surface area (Å²) in [5, 5.41) is 14.0. The Kier molecular flexibility index (Phi) is 3.96. The zero-order valence-electron chi connectivity index (χ0n) is 12.0. The molecular formula is C15H19N5O. The van der Waals surface area contributed by atoms with Gasteiger partial charge in [-0.3, -0.25) is 9.36 Å². The van der Waals surface area contributed by atoms with Gasteiger partial charge in [0.15, 0.2) is 0 Å². The first-order valence-corrected chi connectivity index (χ1v) is 7.21. The van der Waals surface area contributed by atoms with Crippen molar-refractivity contribution >= 4 is 11.6 Å². The predicted molar refractivity (Wildman–Crippen MR) is 80.2 cm³/mol. The maximum Gasteiger partial charge on any atom is 0.227 e. The Labute approximate surface area is 123 Å². The monoisotopic (exact) mass is 285 g/mol. The van der Waals surface area contributed by atoms with Gasteiger partial charge in [-0.15, -0.1) is 10.2 Å². The zero-order chi connectivity index (χ0) is 14.7. The van der Waals surface area contributed by atoms with Crippen LogP contribution in [0.25, 0.3) is 5.69 Å². The summed E-state index contributed by atoms with van der Waals surface area (Å²) in [6.07, 6.45) is 5.04. The van der Waals surface area contributed by atoms with Crippen LogP contribution in [0.2, 0.25) is 0 Å². The molecule has 0 radical (unpaired) electrons. The Morgan fingerprint density at radius 2 is 2.19 bits per heavy atom. The van der Waals surface area contributed by atoms with Crippen LogP contribution in [0.15, 0.2) is 36.9 Å². The van der Waals surface area contributed by atoms with Gasteiger partial charge < -0.3 is 10.6 Å². The molecule has 21 heavy (non-hydrogen) atoms. The van der Waals surface area contributed by atoms with Crippen LogP contribution >= 0.6 is 0 Å². The predicted octanol–water partition coefficient (Wildman–Crippen LogP) is 1.59. The second kappa shape index (κ2) is 6.05. The van der Waals surface area contributed by atoms with Crippen LogP contribution in [0, 0.1) is 5.92 Å². The van der Waals surface area contributed by atoms with Gasteiger partial charge in [-0.05, 0) is 44.5 Å². The molecule has 1 fully saturated rings. The summed E-state index contributed by atoms with van der Waals surface area (Å²) in [6.45, 7) is 3.02. The molecule has 2 heterocycles. The van der Waals surface area contributed by atoms with Gasteiger partial charge in [0.05, 0.1) is 5.69 Å². The Morgan fingerprint density at radius 1 is 1.38 bits per heavy atom. The Hall–Kier alpha value is -2.21. The molecule has 2 N–H and O–H groups in total. The van der Waals surface area contributed by atoms with E-state index in [1.54, 1.807) is 12.7 Å². The summed E-state index contributed by atoms with van der Waals surface area (Å²) in [7, 11) is 0. The van der Waals surface area contributed by atoms with Crippen LogP contribution < -0.4 is 10.6 Å². The molecule has 0 spiro atoms. The number of anilines is 1. The van der Waals surface area contributed by atoms with Gasteiger partial charge in [0.1, 0.15) is 12.7 Å². The molecule has 0 aliphatic carbocycles. The molecule has 1 aromatic heterocycles. The smallest absolute Gasteiger partial charge is 0.227 e. The molecule has 1 aliphatic rings. The van der Waals surface area contributed by atoms with Gasteiger partial charge in [-0.2, -0.15) is 0 Å². The normalized spacial score (nSPS) is 22.0. The average molecular weight is 285 g/mol. The van der Waals surface area contributed by atoms with E-state index in [0.717, 1.165) is 30.8 Å². The van der Waals surface area contributed by atoms with Crippen LogP contribution in [0.4, 0.5) is 5.69 Å². The number of rotatable bonds is 3. The first kappa shape index (κ1) is 13.8. The summed E-state index contributed by atoms with van der Waals surface area (Å²) >= 11 is 0. The molecular weight excluding hydrogens is 266 g/mol. The molecule has 1 saturated heterocycles. The van der Waals surface area contributed by atoms with Gasteiger partial charge in [0, 0.05) is 17.6 Å². The highest BCUT2D eigenvalue weighted by molar-refractivity contribution is 5.92. The van der Waals surface area contributed by atoms with E-state index in [0.29, 0.717) is 6.04 Å². The highest BCUT2D eigenvalue weighted by Gasteiger charge is 2.24. The summed E-state index contributed by atoms with van der Waals surface area (Å²) in [4.78, 5) is 12.3. The number of piperidine rings is 1. The van der Waals surface area contributed by atoms with Crippen molar-refractivity contribution in [2.45, 2.75) is 25.8 Å². The third kappa shape index (κ3) is 3.28. The van der Waals surface area contributed by atoms with Crippen molar-refractivity contribution in [3.63, 3.8) is 0 Å². The number of amides is 1. The van der Waals surface area contributed by atoms with E-state index in [1.165, 1.54) is 0 Å². The summed E-state index contributed by atoms with van der Waals surface area (Å²) in [6, 6.07) is 8.08. The minimum Gasteiger partial charge on any atom is -0.326 e. The lowest BCUT2D eigenvalue weighted by Crippen LogP contribution is -2.40. The number of hydrogen-bond acceptors (Lipinski definition) is 4. The van der Waals surface area contributed by atoms with Crippen LogP contribution in [-0.4, -0.2) is 33.3 Å². The Bertz CT molecular complexity index is 610. The van der Waals surface area contributed by atoms with Crippen LogP contribution in [0.3, 0.4) is 0 Å². The Balaban J connectivity index is 1.70. The molecule has 1 amide bonds. The molecule has 6 heteroatoms. The largest absolute Gasteiger partial charge is 0.326 e. The maximum absolute atomic E-state index is 12.3. The first-order chi connectivity index (χ1) is 10.2. The minimum atomic E-state index is 0.0832. The van der Waals surface area contributed by atoms with Gasteiger partial charge >= 0.3 is 0 Å². The van der Waals surface area contributed by atoms with Crippen molar-refractivity contribution in [1.82, 2.24) is 20.1 Å². The van der Waals surface area contributed by atoms with Crippen LogP contribution in [0.1, 0.15) is 19.8 Å². The second-order valence-corrected chi connectivity index (χ2v) is 5.49. The van der Waals surface area contributed by atoms with Crippen molar-refractivity contribution < 1.29 is 4.79 Å². The first-order valence-electron chi connectivity index (χ1n) is 7.21. The Morgan fingerprint density at radius 3 is 2.95 bits per heavy atom. The average Bonchev–Trinajstić information content (AvgIpc) is 3.02. The number of nitrogens with one attached hydrogen (secondary N) is 2. The van der Waals surface area contributed by atoms with E-state index in [-0.39, 0.29) is 11.8 Å². The summed E-state index contributed by atoms with van der Waals surface area (Å²) in [5.41, 5.74) is 1.73. The van der Waals surface area contributed by atoms with Gasteiger partial charge in [0.25, 0.3) is 0 Å². The number of carbonyl (C=O) groups is 1. The molecule has 3 rings (SSSR count). The van der Waals surface area contributed by atoms with Gasteiger partial charge in [-0.1, -0.05) is 6.07 Å². The fourth-order valence-electron chi connectivity index (χ4n) is 2.69. The maximum atomic E-state index is 12.3. The van der Waals surface area contributed by atoms with Crippen molar-refractivity contribution in [3.8, 4) is 5.69 Å². The summed E-state index contributed by atoms with van der Waals surface area (Å²) < 4.78 is 1.81. The molecule has 2 unspecified atom stereocenters. The highest BCUT2D eigenvalue weighted by atomic mass is 16.1. The standard InChI is InChI=1S/C15H19N5O/c1-11-7-12(5-6-16-11)15(21)19-13-3-2-4-14(8-13)20-9-17-18-10-20/h2-4,8-12,16H,5-7H2,1H3,(H,19,21). The number of hydrogen-bond donors (Lipinski definition) is 2. The molecule has 2 aromatic rings. The fraction of sp³-hybridized carbons (Fsp3) is 0.400. The third-order valence-electron chi connectivity index (χ3n) is 3.83. The van der Waals surface area contributed by atoms with E-state index < -0.39 is 0 Å². The van der Waals surface area contributed by atoms with E-state index >= 15 is 0 Å². The van der Waals surface area contributed by atoms with Crippen molar-refractivity contribution in [3.05, 3.63) is 36.9 Å². The van der Waals surface area contributed by atoms with E-state index in [9.17, 15) is 4.79 Å². The molecule has 110 valence electrons. The molecule has 2 atom stereocenters. The lowest BCUT2D eigenvalue weighted by atomic mass is 9.92. The molecule has 1 aliphatic heterocycles. The van der Waals surface area contributed by atoms with Crippen LogP contribution in [0.5, 0.6) is 0 Å². The zero-order valence-corrected chi connectivity index (χ0v) is 12.0. The van der Waals surface area contributed by atoms with E-state index in [4.69, 9.17) is 0 Å². The van der Waals surface area contributed by atoms with E-state index in [1.807, 2.05) is 28.8 Å². The number of carbonyl (C=O) groups excluding carboxylic acids is 1. The number of benzene rings is 1. The van der Waals surface area contributed by atoms with Gasteiger partial charge in [0.2, 0.25) is 5.91 Å². The molecule has 0 saturated carbocycles. The molecule has 1 aromatic carbocycles. The van der Waals surface area contributed by atoms with Crippen molar-refractivity contribution in [2.24, 2.45) is 5.92 Å². The quantitative estimate of drug-likeness (QED) is 0.898. The lowest BCUT2D eigenvalue weighted by molar-refractivity contribution is -0.120. The van der Waals surface area contributed by atoms with Crippen LogP contribution in [-0.2, 0) is 4.79 Å². The third-order valence-corrected chi connectivity index (χ3v) is 3.83. The minimum absolute atomic E-state index is 0.0832. The number of nitrogens with zero attached hydrogens (tertiary/aromatic N) is 3. The second-order valence-electron chi connectivity index (χ2n) is 5.49. The van der Waals surface area contributed by atoms with Gasteiger partial charge in [-0.25, -0.2) is 0 Å². The van der Waals surface area contributed by atoms with Crippen molar-refractivity contribution in [2.75, 3.05) is 11.9 Å². The van der Waals surface area contributed by atoms with Crippen molar-refractivity contribution in [1.29, 1.82) is 0 Å². The molecule has 0 bridgehead atoms. The number of aromatic nitrogens is 3.